The first-order valence-corrected chi connectivity index (χ1v) is 7.44. The van der Waals surface area contributed by atoms with Crippen LogP contribution in [0.5, 0.6) is 0 Å². The van der Waals surface area contributed by atoms with Crippen LogP contribution < -0.4 is 10.2 Å². The first-order chi connectivity index (χ1) is 9.08. The van der Waals surface area contributed by atoms with Crippen molar-refractivity contribution in [3.05, 3.63) is 11.8 Å². The maximum absolute atomic E-state index is 4.63. The lowest BCUT2D eigenvalue weighted by atomic mass is 10.2. The van der Waals surface area contributed by atoms with Crippen molar-refractivity contribution >= 4 is 11.8 Å². The number of rotatable bonds is 8. The van der Waals surface area contributed by atoms with Gasteiger partial charge in [-0.3, -0.25) is 0 Å². The summed E-state index contributed by atoms with van der Waals surface area (Å²) in [7, 11) is 0. The van der Waals surface area contributed by atoms with Gasteiger partial charge < -0.3 is 10.2 Å². The van der Waals surface area contributed by atoms with Crippen LogP contribution in [0.1, 0.15) is 52.7 Å². The minimum atomic E-state index is 0.459. The highest BCUT2D eigenvalue weighted by Crippen LogP contribution is 2.18. The second-order valence-corrected chi connectivity index (χ2v) is 5.22. The maximum Gasteiger partial charge on any atom is 0.224 e. The fourth-order valence-corrected chi connectivity index (χ4v) is 2.11. The molecule has 0 aromatic carbocycles. The number of nitrogens with one attached hydrogen (secondary N) is 1. The third kappa shape index (κ3) is 5.05. The molecule has 1 heterocycles. The van der Waals surface area contributed by atoms with E-state index in [-0.39, 0.29) is 0 Å². The van der Waals surface area contributed by atoms with Gasteiger partial charge in [0.25, 0.3) is 0 Å². The van der Waals surface area contributed by atoms with E-state index in [0.29, 0.717) is 6.04 Å². The number of unbranched alkanes of at least 4 members (excludes halogenated alkanes) is 2. The second kappa shape index (κ2) is 7.97. The van der Waals surface area contributed by atoms with Gasteiger partial charge in [0.05, 0.1) is 0 Å². The summed E-state index contributed by atoms with van der Waals surface area (Å²) in [6.45, 7) is 12.7. The monoisotopic (exact) mass is 264 g/mol. The number of nitrogens with zero attached hydrogens (tertiary/aromatic N) is 3. The molecule has 19 heavy (non-hydrogen) atoms. The van der Waals surface area contributed by atoms with E-state index in [2.05, 4.69) is 53.9 Å². The smallest absolute Gasteiger partial charge is 0.224 e. The summed E-state index contributed by atoms with van der Waals surface area (Å²) in [5, 5.41) is 3.20. The molecule has 4 heteroatoms. The van der Waals surface area contributed by atoms with Crippen LogP contribution in [0.15, 0.2) is 6.07 Å². The number of hydrogen-bond acceptors (Lipinski definition) is 4. The maximum atomic E-state index is 4.63. The van der Waals surface area contributed by atoms with Crippen LogP contribution in [0, 0.1) is 6.92 Å². The Morgan fingerprint density at radius 3 is 2.53 bits per heavy atom. The SMILES string of the molecule is CCCCCN(c1cc(C)nc(NCC)n1)C(C)C. The molecule has 0 amide bonds. The summed E-state index contributed by atoms with van der Waals surface area (Å²) in [6.07, 6.45) is 3.74. The highest BCUT2D eigenvalue weighted by atomic mass is 15.2. The van der Waals surface area contributed by atoms with Crippen molar-refractivity contribution in [2.45, 2.75) is 59.9 Å². The Bertz CT molecular complexity index is 376. The van der Waals surface area contributed by atoms with E-state index in [0.717, 1.165) is 30.5 Å². The molecule has 0 spiro atoms. The average Bonchev–Trinajstić information content (AvgIpc) is 2.33. The van der Waals surface area contributed by atoms with Crippen LogP contribution in [0.4, 0.5) is 11.8 Å². The van der Waals surface area contributed by atoms with Crippen molar-refractivity contribution in [1.29, 1.82) is 0 Å². The summed E-state index contributed by atoms with van der Waals surface area (Å²) in [5.74, 6) is 1.77. The van der Waals surface area contributed by atoms with Gasteiger partial charge in [-0.05, 0) is 34.1 Å². The van der Waals surface area contributed by atoms with Crippen molar-refractivity contribution in [1.82, 2.24) is 9.97 Å². The van der Waals surface area contributed by atoms with Gasteiger partial charge in [0, 0.05) is 30.9 Å². The molecule has 1 rings (SSSR count). The van der Waals surface area contributed by atoms with Gasteiger partial charge in [0.1, 0.15) is 5.82 Å². The lowest BCUT2D eigenvalue weighted by Gasteiger charge is -2.28. The van der Waals surface area contributed by atoms with Crippen LogP contribution in [0.25, 0.3) is 0 Å². The molecule has 108 valence electrons. The first kappa shape index (κ1) is 15.7. The first-order valence-electron chi connectivity index (χ1n) is 7.44. The van der Waals surface area contributed by atoms with Crippen LogP contribution in [-0.2, 0) is 0 Å². The highest BCUT2D eigenvalue weighted by Gasteiger charge is 2.13. The Morgan fingerprint density at radius 1 is 1.21 bits per heavy atom. The summed E-state index contributed by atoms with van der Waals surface area (Å²) < 4.78 is 0. The molecule has 0 saturated carbocycles. The van der Waals surface area contributed by atoms with Crippen LogP contribution in [0.2, 0.25) is 0 Å². The molecular formula is C15H28N4. The zero-order valence-electron chi connectivity index (χ0n) is 13.0. The minimum Gasteiger partial charge on any atom is -0.354 e. The Hall–Kier alpha value is -1.32. The van der Waals surface area contributed by atoms with E-state index in [4.69, 9.17) is 0 Å². The van der Waals surface area contributed by atoms with Crippen molar-refractivity contribution in [3.8, 4) is 0 Å². The molecule has 0 saturated heterocycles. The molecule has 1 N–H and O–H groups in total. The van der Waals surface area contributed by atoms with Crippen molar-refractivity contribution in [2.24, 2.45) is 0 Å². The zero-order valence-corrected chi connectivity index (χ0v) is 13.0. The number of aryl methyl sites for hydroxylation is 1. The van der Waals surface area contributed by atoms with Crippen molar-refractivity contribution < 1.29 is 0 Å². The number of aromatic nitrogens is 2. The largest absolute Gasteiger partial charge is 0.354 e. The summed E-state index contributed by atoms with van der Waals surface area (Å²) in [5.41, 5.74) is 1.02. The van der Waals surface area contributed by atoms with Gasteiger partial charge in [-0.25, -0.2) is 4.98 Å². The molecular weight excluding hydrogens is 236 g/mol. The molecule has 0 radical (unpaired) electrons. The van der Waals surface area contributed by atoms with Gasteiger partial charge in [-0.1, -0.05) is 19.8 Å². The van der Waals surface area contributed by atoms with Gasteiger partial charge in [0.2, 0.25) is 5.95 Å². The van der Waals surface area contributed by atoms with Gasteiger partial charge in [0.15, 0.2) is 0 Å². The Balaban J connectivity index is 2.88. The molecule has 1 aromatic rings. The molecule has 0 bridgehead atoms. The predicted octanol–water partition coefficient (Wildman–Crippen LogP) is 3.62. The van der Waals surface area contributed by atoms with Crippen LogP contribution in [0.3, 0.4) is 0 Å². The normalized spacial score (nSPS) is 10.8. The molecule has 0 atom stereocenters. The number of hydrogen-bond donors (Lipinski definition) is 1. The molecule has 0 aliphatic heterocycles. The summed E-state index contributed by atoms with van der Waals surface area (Å²) >= 11 is 0. The topological polar surface area (TPSA) is 41.1 Å². The van der Waals surface area contributed by atoms with Gasteiger partial charge >= 0.3 is 0 Å². The third-order valence-corrected chi connectivity index (χ3v) is 3.10. The van der Waals surface area contributed by atoms with E-state index in [1.807, 2.05) is 6.92 Å². The quantitative estimate of drug-likeness (QED) is 0.728. The summed E-state index contributed by atoms with van der Waals surface area (Å²) in [4.78, 5) is 11.4. The Labute approximate surface area is 117 Å². The molecule has 0 unspecified atom stereocenters. The van der Waals surface area contributed by atoms with Crippen molar-refractivity contribution in [2.75, 3.05) is 23.3 Å². The van der Waals surface area contributed by atoms with E-state index >= 15 is 0 Å². The molecule has 0 aliphatic carbocycles. The lowest BCUT2D eigenvalue weighted by molar-refractivity contribution is 0.619. The van der Waals surface area contributed by atoms with E-state index in [1.165, 1.54) is 19.3 Å². The third-order valence-electron chi connectivity index (χ3n) is 3.10. The lowest BCUT2D eigenvalue weighted by Crippen LogP contribution is -2.32. The Kier molecular flexibility index (Phi) is 6.60. The molecule has 0 fully saturated rings. The number of anilines is 2. The second-order valence-electron chi connectivity index (χ2n) is 5.22. The molecule has 4 nitrogen and oxygen atoms in total. The average molecular weight is 264 g/mol. The highest BCUT2D eigenvalue weighted by molar-refractivity contribution is 5.45. The van der Waals surface area contributed by atoms with E-state index in [1.54, 1.807) is 0 Å². The zero-order chi connectivity index (χ0) is 14.3. The van der Waals surface area contributed by atoms with E-state index in [9.17, 15) is 0 Å². The van der Waals surface area contributed by atoms with Gasteiger partial charge in [-0.2, -0.15) is 4.98 Å². The standard InChI is InChI=1S/C15H28N4/c1-6-8-9-10-19(12(3)4)14-11-13(5)17-15(18-14)16-7-2/h11-12H,6-10H2,1-5H3,(H,16,17,18). The molecule has 1 aromatic heterocycles. The van der Waals surface area contributed by atoms with Crippen molar-refractivity contribution in [3.63, 3.8) is 0 Å². The minimum absolute atomic E-state index is 0.459. The van der Waals surface area contributed by atoms with Crippen LogP contribution in [-0.4, -0.2) is 29.1 Å². The van der Waals surface area contributed by atoms with E-state index < -0.39 is 0 Å². The Morgan fingerprint density at radius 2 is 1.95 bits per heavy atom. The van der Waals surface area contributed by atoms with Crippen LogP contribution >= 0.6 is 0 Å². The predicted molar refractivity (Wildman–Crippen MR) is 82.9 cm³/mol. The fourth-order valence-electron chi connectivity index (χ4n) is 2.11. The fraction of sp³-hybridized carbons (Fsp3) is 0.733. The van der Waals surface area contributed by atoms with Gasteiger partial charge in [-0.15, -0.1) is 0 Å². The molecule has 0 aliphatic rings. The summed E-state index contributed by atoms with van der Waals surface area (Å²) in [6, 6.07) is 2.54.